The van der Waals surface area contributed by atoms with Crippen molar-refractivity contribution in [1.82, 2.24) is 0 Å². The molecule has 9 heteroatoms. The molecule has 2 aromatic carbocycles. The first-order chi connectivity index (χ1) is 11.8. The molecule has 0 aromatic heterocycles. The summed E-state index contributed by atoms with van der Waals surface area (Å²) in [6.45, 7) is 0. The van der Waals surface area contributed by atoms with Gasteiger partial charge < -0.3 is 9.64 Å². The third kappa shape index (κ3) is 2.87. The number of hydrogen-bond acceptors (Lipinski definition) is 5. The molecule has 0 spiro atoms. The van der Waals surface area contributed by atoms with Crippen LogP contribution >= 0.6 is 11.6 Å². The minimum Gasteiger partial charge on any atom is -0.465 e. The first-order valence-electron chi connectivity index (χ1n) is 6.85. The SMILES string of the molecule is COC(=O)C1=CN(c2ccc(F)c(Cl)c2)c2ccc(F)cc2S1(=O)=O. The monoisotopic (exact) mass is 385 g/mol. The lowest BCUT2D eigenvalue weighted by Gasteiger charge is -2.28. The maximum absolute atomic E-state index is 13.6. The van der Waals surface area contributed by atoms with Crippen LogP contribution in [0, 0.1) is 11.6 Å². The molecule has 1 aliphatic heterocycles. The Bertz CT molecular complexity index is 1020. The van der Waals surface area contributed by atoms with Gasteiger partial charge in [0.05, 0.1) is 22.7 Å². The zero-order chi connectivity index (χ0) is 18.4. The van der Waals surface area contributed by atoms with E-state index in [2.05, 4.69) is 4.74 Å². The summed E-state index contributed by atoms with van der Waals surface area (Å²) in [5.41, 5.74) is 0.382. The molecular weight excluding hydrogens is 376 g/mol. The molecule has 0 fully saturated rings. The summed E-state index contributed by atoms with van der Waals surface area (Å²) in [6, 6.07) is 6.81. The molecule has 5 nitrogen and oxygen atoms in total. The predicted octanol–water partition coefficient (Wildman–Crippen LogP) is 3.56. The van der Waals surface area contributed by atoms with E-state index in [1.54, 1.807) is 0 Å². The molecule has 130 valence electrons. The summed E-state index contributed by atoms with van der Waals surface area (Å²) in [5, 5.41) is -0.192. The summed E-state index contributed by atoms with van der Waals surface area (Å²) in [5.74, 6) is -2.55. The van der Waals surface area contributed by atoms with Gasteiger partial charge in [-0.25, -0.2) is 22.0 Å². The van der Waals surface area contributed by atoms with Gasteiger partial charge in [-0.05, 0) is 36.4 Å². The average Bonchev–Trinajstić information content (AvgIpc) is 2.57. The van der Waals surface area contributed by atoms with Gasteiger partial charge in [0.15, 0.2) is 4.91 Å². The Morgan fingerprint density at radius 3 is 2.52 bits per heavy atom. The van der Waals surface area contributed by atoms with E-state index >= 15 is 0 Å². The summed E-state index contributed by atoms with van der Waals surface area (Å²) < 4.78 is 56.7. The van der Waals surface area contributed by atoms with Gasteiger partial charge in [-0.2, -0.15) is 0 Å². The number of sulfone groups is 1. The molecule has 0 aliphatic carbocycles. The fourth-order valence-corrected chi connectivity index (χ4v) is 4.06. The van der Waals surface area contributed by atoms with Crippen molar-refractivity contribution < 1.29 is 26.7 Å². The fraction of sp³-hybridized carbons (Fsp3) is 0.0625. The molecule has 0 amide bonds. The van der Waals surface area contributed by atoms with Crippen LogP contribution in [0.4, 0.5) is 20.2 Å². The zero-order valence-corrected chi connectivity index (χ0v) is 14.2. The van der Waals surface area contributed by atoms with Crippen molar-refractivity contribution in [2.45, 2.75) is 4.90 Å². The van der Waals surface area contributed by atoms with Crippen LogP contribution in [0.25, 0.3) is 0 Å². The van der Waals surface area contributed by atoms with Crippen molar-refractivity contribution in [2.24, 2.45) is 0 Å². The lowest BCUT2D eigenvalue weighted by molar-refractivity contribution is -0.135. The van der Waals surface area contributed by atoms with Crippen molar-refractivity contribution in [3.8, 4) is 0 Å². The van der Waals surface area contributed by atoms with Gasteiger partial charge in [-0.15, -0.1) is 0 Å². The second-order valence-corrected chi connectivity index (χ2v) is 7.36. The Morgan fingerprint density at radius 2 is 1.88 bits per heavy atom. The Kier molecular flexibility index (Phi) is 4.26. The second kappa shape index (κ2) is 6.12. The molecule has 0 atom stereocenters. The third-order valence-corrected chi connectivity index (χ3v) is 5.62. The van der Waals surface area contributed by atoms with Crippen molar-refractivity contribution in [3.05, 3.63) is 64.2 Å². The standard InChI is InChI=1S/C16H10ClF2NO4S/c1-24-16(21)15-8-20(10-3-4-12(19)11(17)7-10)13-5-2-9(18)6-14(13)25(15,22)23/h2-8H,1H3. The summed E-state index contributed by atoms with van der Waals surface area (Å²) in [4.78, 5) is 12.1. The molecule has 0 N–H and O–H groups in total. The highest BCUT2D eigenvalue weighted by Crippen LogP contribution is 2.40. The highest BCUT2D eigenvalue weighted by atomic mass is 35.5. The zero-order valence-electron chi connectivity index (χ0n) is 12.7. The number of fused-ring (bicyclic) bond motifs is 1. The molecule has 0 bridgehead atoms. The lowest BCUT2D eigenvalue weighted by atomic mass is 10.2. The number of nitrogens with zero attached hydrogens (tertiary/aromatic N) is 1. The first-order valence-corrected chi connectivity index (χ1v) is 8.71. The van der Waals surface area contributed by atoms with Crippen molar-refractivity contribution >= 4 is 38.8 Å². The Hall–Kier alpha value is -2.45. The van der Waals surface area contributed by atoms with Crippen LogP contribution in [0.3, 0.4) is 0 Å². The molecule has 0 saturated heterocycles. The first kappa shape index (κ1) is 17.4. The minimum atomic E-state index is -4.28. The van der Waals surface area contributed by atoms with E-state index < -0.39 is 37.2 Å². The number of carbonyl (C=O) groups excluding carboxylic acids is 1. The maximum atomic E-state index is 13.6. The lowest BCUT2D eigenvalue weighted by Crippen LogP contribution is -2.26. The molecule has 2 aromatic rings. The second-order valence-electron chi connectivity index (χ2n) is 5.07. The molecule has 25 heavy (non-hydrogen) atoms. The molecular formula is C16H10ClF2NO4S. The predicted molar refractivity (Wildman–Crippen MR) is 87.2 cm³/mol. The summed E-state index contributed by atoms with van der Waals surface area (Å²) in [7, 11) is -3.25. The van der Waals surface area contributed by atoms with Gasteiger partial charge in [0, 0.05) is 11.9 Å². The van der Waals surface area contributed by atoms with Gasteiger partial charge in [-0.3, -0.25) is 0 Å². The quantitative estimate of drug-likeness (QED) is 0.740. The topological polar surface area (TPSA) is 63.7 Å². The summed E-state index contributed by atoms with van der Waals surface area (Å²) >= 11 is 5.78. The number of hydrogen-bond donors (Lipinski definition) is 0. The smallest absolute Gasteiger partial charge is 0.351 e. The van der Waals surface area contributed by atoms with Crippen molar-refractivity contribution in [2.75, 3.05) is 12.0 Å². The van der Waals surface area contributed by atoms with Crippen molar-refractivity contribution in [1.29, 1.82) is 0 Å². The summed E-state index contributed by atoms with van der Waals surface area (Å²) in [6.07, 6.45) is 1.03. The Labute approximate surface area is 147 Å². The van der Waals surface area contributed by atoms with E-state index in [0.29, 0.717) is 0 Å². The molecule has 0 radical (unpaired) electrons. The average molecular weight is 386 g/mol. The van der Waals surface area contributed by atoms with E-state index in [-0.39, 0.29) is 16.4 Å². The van der Waals surface area contributed by atoms with E-state index in [1.165, 1.54) is 23.1 Å². The number of carbonyl (C=O) groups is 1. The Morgan fingerprint density at radius 1 is 1.16 bits per heavy atom. The van der Waals surface area contributed by atoms with E-state index in [0.717, 1.165) is 31.5 Å². The molecule has 0 unspecified atom stereocenters. The third-order valence-electron chi connectivity index (χ3n) is 3.57. The van der Waals surface area contributed by atoms with E-state index in [1.807, 2.05) is 0 Å². The number of halogens is 3. The van der Waals surface area contributed by atoms with Crippen LogP contribution in [-0.4, -0.2) is 21.5 Å². The van der Waals surface area contributed by atoms with Crippen LogP contribution in [0.1, 0.15) is 0 Å². The van der Waals surface area contributed by atoms with E-state index in [4.69, 9.17) is 11.6 Å². The minimum absolute atomic E-state index is 0.0942. The van der Waals surface area contributed by atoms with Crippen LogP contribution in [0.2, 0.25) is 5.02 Å². The Balaban J connectivity index is 2.30. The van der Waals surface area contributed by atoms with Crippen LogP contribution in [-0.2, 0) is 19.4 Å². The van der Waals surface area contributed by atoms with Gasteiger partial charge in [0.25, 0.3) is 0 Å². The highest BCUT2D eigenvalue weighted by molar-refractivity contribution is 7.96. The van der Waals surface area contributed by atoms with Crippen LogP contribution < -0.4 is 4.90 Å². The molecule has 3 rings (SSSR count). The van der Waals surface area contributed by atoms with Gasteiger partial charge in [-0.1, -0.05) is 11.6 Å². The van der Waals surface area contributed by atoms with Crippen molar-refractivity contribution in [3.63, 3.8) is 0 Å². The van der Waals surface area contributed by atoms with E-state index in [9.17, 15) is 22.0 Å². The number of methoxy groups -OCH3 is 1. The number of benzene rings is 2. The van der Waals surface area contributed by atoms with Crippen LogP contribution in [0.15, 0.2) is 52.4 Å². The molecule has 1 aliphatic rings. The largest absolute Gasteiger partial charge is 0.465 e. The number of anilines is 2. The number of esters is 1. The van der Waals surface area contributed by atoms with Gasteiger partial charge >= 0.3 is 5.97 Å². The van der Waals surface area contributed by atoms with Crippen LogP contribution in [0.5, 0.6) is 0 Å². The molecule has 1 heterocycles. The number of ether oxygens (including phenoxy) is 1. The van der Waals surface area contributed by atoms with Gasteiger partial charge in [0.2, 0.25) is 9.84 Å². The normalized spacial score (nSPS) is 15.4. The van der Waals surface area contributed by atoms with Gasteiger partial charge in [0.1, 0.15) is 11.6 Å². The molecule has 0 saturated carbocycles. The highest BCUT2D eigenvalue weighted by Gasteiger charge is 2.37. The number of rotatable bonds is 2. The fourth-order valence-electron chi connectivity index (χ4n) is 2.39. The maximum Gasteiger partial charge on any atom is 0.351 e.